The fourth-order valence-corrected chi connectivity index (χ4v) is 4.68. The molecular weight excluding hydrogens is 305 g/mol. The molecule has 23 heavy (non-hydrogen) atoms. The van der Waals surface area contributed by atoms with Gasteiger partial charge in [0, 0.05) is 17.2 Å². The van der Waals surface area contributed by atoms with Crippen LogP contribution in [0, 0.1) is 0 Å². The fourth-order valence-electron chi connectivity index (χ4n) is 2.57. The molecule has 2 aromatic rings. The van der Waals surface area contributed by atoms with Gasteiger partial charge in [-0.15, -0.1) is 0 Å². The van der Waals surface area contributed by atoms with Gasteiger partial charge >= 0.3 is 0 Å². The van der Waals surface area contributed by atoms with Crippen molar-refractivity contribution in [3.05, 3.63) is 60.7 Å². The highest BCUT2D eigenvalue weighted by Gasteiger charge is 2.28. The predicted molar refractivity (Wildman–Crippen MR) is 98.1 cm³/mol. The second-order valence-electron chi connectivity index (χ2n) is 5.44. The molecule has 0 fully saturated rings. The zero-order valence-corrected chi connectivity index (χ0v) is 14.9. The van der Waals surface area contributed by atoms with E-state index in [1.165, 1.54) is 0 Å². The maximum absolute atomic E-state index is 13.6. The van der Waals surface area contributed by atoms with Gasteiger partial charge in [-0.25, -0.2) is 0 Å². The van der Waals surface area contributed by atoms with E-state index < -0.39 is 7.37 Å². The van der Waals surface area contributed by atoms with Crippen LogP contribution < -0.4 is 10.6 Å². The normalized spacial score (nSPS) is 11.8. The summed E-state index contributed by atoms with van der Waals surface area (Å²) >= 11 is 0. The molecule has 0 spiro atoms. The van der Waals surface area contributed by atoms with E-state index in [0.717, 1.165) is 36.7 Å². The second-order valence-corrected chi connectivity index (χ2v) is 7.83. The van der Waals surface area contributed by atoms with Crippen molar-refractivity contribution in [3.63, 3.8) is 0 Å². The van der Waals surface area contributed by atoms with Crippen molar-refractivity contribution in [3.8, 4) is 0 Å². The van der Waals surface area contributed by atoms with Crippen LogP contribution in [0.3, 0.4) is 0 Å². The largest absolute Gasteiger partial charge is 0.322 e. The topological polar surface area (TPSA) is 29.5 Å². The highest BCUT2D eigenvalue weighted by Crippen LogP contribution is 2.44. The van der Waals surface area contributed by atoms with Crippen LogP contribution in [-0.2, 0) is 9.09 Å². The number of rotatable bonds is 9. The lowest BCUT2D eigenvalue weighted by Gasteiger charge is -2.21. The van der Waals surface area contributed by atoms with E-state index in [9.17, 15) is 4.57 Å². The summed E-state index contributed by atoms with van der Waals surface area (Å²) in [7, 11) is -3.02. The molecule has 0 amide bonds. The zero-order chi connectivity index (χ0) is 16.5. The molecular formula is C19H26NO2P. The Bertz CT molecular complexity index is 568. The monoisotopic (exact) mass is 331 g/mol. The Morgan fingerprint density at radius 3 is 1.78 bits per heavy atom. The first-order valence-corrected chi connectivity index (χ1v) is 9.91. The van der Waals surface area contributed by atoms with E-state index in [0.29, 0.717) is 6.61 Å². The molecule has 0 aliphatic heterocycles. The van der Waals surface area contributed by atoms with E-state index in [1.807, 2.05) is 60.7 Å². The van der Waals surface area contributed by atoms with Crippen molar-refractivity contribution in [1.82, 2.24) is 4.90 Å². The van der Waals surface area contributed by atoms with Crippen LogP contribution in [0.4, 0.5) is 0 Å². The summed E-state index contributed by atoms with van der Waals surface area (Å²) in [5, 5.41) is 1.52. The smallest absolute Gasteiger partial charge is 0.261 e. The van der Waals surface area contributed by atoms with Crippen molar-refractivity contribution >= 4 is 18.0 Å². The van der Waals surface area contributed by atoms with Gasteiger partial charge in [0.05, 0.1) is 6.61 Å². The van der Waals surface area contributed by atoms with Gasteiger partial charge in [0.25, 0.3) is 7.37 Å². The van der Waals surface area contributed by atoms with Crippen LogP contribution >= 0.6 is 7.37 Å². The molecule has 4 heteroatoms. The van der Waals surface area contributed by atoms with Crippen LogP contribution in [0.25, 0.3) is 0 Å². The first-order chi connectivity index (χ1) is 11.2. The summed E-state index contributed by atoms with van der Waals surface area (Å²) in [6.45, 7) is 7.84. The van der Waals surface area contributed by atoms with E-state index in [-0.39, 0.29) is 0 Å². The molecule has 2 rings (SSSR count). The van der Waals surface area contributed by atoms with Crippen molar-refractivity contribution in [2.45, 2.75) is 20.3 Å². The summed E-state index contributed by atoms with van der Waals surface area (Å²) in [5.41, 5.74) is 0. The predicted octanol–water partition coefficient (Wildman–Crippen LogP) is 3.66. The zero-order valence-electron chi connectivity index (χ0n) is 14.0. The average molecular weight is 331 g/mol. The van der Waals surface area contributed by atoms with Crippen LogP contribution in [-0.4, -0.2) is 31.1 Å². The Morgan fingerprint density at radius 1 is 0.870 bits per heavy atom. The van der Waals surface area contributed by atoms with Gasteiger partial charge in [-0.2, -0.15) is 0 Å². The van der Waals surface area contributed by atoms with Gasteiger partial charge in [-0.05, 0) is 43.8 Å². The Balaban J connectivity index is 2.11. The highest BCUT2D eigenvalue weighted by atomic mass is 31.2. The van der Waals surface area contributed by atoms with Crippen LogP contribution in [0.5, 0.6) is 0 Å². The molecule has 0 bridgehead atoms. The number of hydrogen-bond acceptors (Lipinski definition) is 3. The first kappa shape index (κ1) is 17.9. The lowest BCUT2D eigenvalue weighted by atomic mass is 10.4. The van der Waals surface area contributed by atoms with Gasteiger partial charge in [0.15, 0.2) is 0 Å². The van der Waals surface area contributed by atoms with Gasteiger partial charge in [0.2, 0.25) is 0 Å². The van der Waals surface area contributed by atoms with Crippen LogP contribution in [0.1, 0.15) is 20.3 Å². The summed E-state index contributed by atoms with van der Waals surface area (Å²) < 4.78 is 19.5. The molecule has 0 radical (unpaired) electrons. The van der Waals surface area contributed by atoms with E-state index in [1.54, 1.807) is 0 Å². The summed E-state index contributed by atoms with van der Waals surface area (Å²) in [6.07, 6.45) is 0.880. The van der Waals surface area contributed by atoms with Crippen LogP contribution in [0.15, 0.2) is 60.7 Å². The molecule has 0 N–H and O–H groups in total. The minimum absolute atomic E-state index is 0.498. The van der Waals surface area contributed by atoms with Crippen molar-refractivity contribution < 1.29 is 9.09 Å². The third-order valence-corrected chi connectivity index (χ3v) is 6.48. The maximum atomic E-state index is 13.6. The summed E-state index contributed by atoms with van der Waals surface area (Å²) in [5.74, 6) is 0. The van der Waals surface area contributed by atoms with Crippen molar-refractivity contribution in [2.75, 3.05) is 26.2 Å². The SMILES string of the molecule is CCN(CC)CCCOP(=O)(c1ccccc1)c1ccccc1. The molecule has 0 aromatic heterocycles. The summed E-state index contributed by atoms with van der Waals surface area (Å²) in [4.78, 5) is 2.35. The highest BCUT2D eigenvalue weighted by molar-refractivity contribution is 7.74. The number of hydrogen-bond donors (Lipinski definition) is 0. The Kier molecular flexibility index (Phi) is 7.04. The molecule has 0 unspecified atom stereocenters. The fraction of sp³-hybridized carbons (Fsp3) is 0.368. The second kappa shape index (κ2) is 9.02. The minimum Gasteiger partial charge on any atom is -0.322 e. The molecule has 0 aliphatic rings. The van der Waals surface area contributed by atoms with Crippen molar-refractivity contribution in [1.29, 1.82) is 0 Å². The lowest BCUT2D eigenvalue weighted by Crippen LogP contribution is -2.25. The first-order valence-electron chi connectivity index (χ1n) is 8.29. The molecule has 0 saturated carbocycles. The Morgan fingerprint density at radius 2 is 1.35 bits per heavy atom. The lowest BCUT2D eigenvalue weighted by molar-refractivity contribution is 0.254. The van der Waals surface area contributed by atoms with Crippen LogP contribution in [0.2, 0.25) is 0 Å². The average Bonchev–Trinajstić information content (AvgIpc) is 2.63. The molecule has 3 nitrogen and oxygen atoms in total. The van der Waals surface area contributed by atoms with Gasteiger partial charge < -0.3 is 9.42 Å². The van der Waals surface area contributed by atoms with E-state index in [2.05, 4.69) is 18.7 Å². The minimum atomic E-state index is -3.02. The van der Waals surface area contributed by atoms with Gasteiger partial charge in [0.1, 0.15) is 0 Å². The standard InChI is InChI=1S/C19H26NO2P/c1-3-20(4-2)16-11-17-22-23(21,18-12-7-5-8-13-18)19-14-9-6-10-15-19/h5-10,12-15H,3-4,11,16-17H2,1-2H3. The van der Waals surface area contributed by atoms with E-state index >= 15 is 0 Å². The quantitative estimate of drug-likeness (QED) is 0.519. The van der Waals surface area contributed by atoms with E-state index in [4.69, 9.17) is 4.52 Å². The molecule has 124 valence electrons. The Labute approximate surface area is 139 Å². The molecule has 0 aliphatic carbocycles. The van der Waals surface area contributed by atoms with Gasteiger partial charge in [-0.1, -0.05) is 50.2 Å². The molecule has 0 heterocycles. The number of nitrogens with zero attached hydrogens (tertiary/aromatic N) is 1. The molecule has 2 aromatic carbocycles. The maximum Gasteiger partial charge on any atom is 0.261 e. The third kappa shape index (κ3) is 4.78. The number of benzene rings is 2. The summed E-state index contributed by atoms with van der Waals surface area (Å²) in [6, 6.07) is 19.0. The molecule has 0 saturated heterocycles. The van der Waals surface area contributed by atoms with Gasteiger partial charge in [-0.3, -0.25) is 4.57 Å². The Hall–Kier alpha value is -1.41. The molecule has 0 atom stereocenters. The third-order valence-electron chi connectivity index (χ3n) is 3.98. The van der Waals surface area contributed by atoms with Crippen molar-refractivity contribution in [2.24, 2.45) is 0 Å².